The molecule has 0 spiro atoms. The maximum absolute atomic E-state index is 12.3. The Bertz CT molecular complexity index is 1210. The number of benzene rings is 1. The van der Waals surface area contributed by atoms with Crippen molar-refractivity contribution in [1.82, 2.24) is 9.97 Å². The number of nitrogens with one attached hydrogen (secondary N) is 1. The van der Waals surface area contributed by atoms with Gasteiger partial charge in [-0.1, -0.05) is 23.9 Å². The van der Waals surface area contributed by atoms with Crippen LogP contribution < -0.4 is 10.1 Å². The number of carboxylic acids is 1. The number of carbonyl (C=O) groups is 1. The molecule has 0 aliphatic rings. The number of aromatic nitrogens is 2. The van der Waals surface area contributed by atoms with Crippen LogP contribution in [0.4, 0.5) is 19.0 Å². The Morgan fingerprint density at radius 2 is 1.97 bits per heavy atom. The van der Waals surface area contributed by atoms with Crippen molar-refractivity contribution in [3.63, 3.8) is 0 Å². The summed E-state index contributed by atoms with van der Waals surface area (Å²) < 4.78 is 40.5. The van der Waals surface area contributed by atoms with E-state index in [1.54, 1.807) is 19.9 Å². The molecule has 0 atom stereocenters. The second kappa shape index (κ2) is 10.3. The van der Waals surface area contributed by atoms with Crippen molar-refractivity contribution >= 4 is 34.9 Å². The summed E-state index contributed by atoms with van der Waals surface area (Å²) >= 11 is 2.55. The van der Waals surface area contributed by atoms with Crippen molar-refractivity contribution in [3.05, 3.63) is 53.2 Å². The molecule has 1 aromatic carbocycles. The van der Waals surface area contributed by atoms with Gasteiger partial charge in [0.15, 0.2) is 4.34 Å². The third-order valence-electron chi connectivity index (χ3n) is 4.49. The van der Waals surface area contributed by atoms with Gasteiger partial charge in [0, 0.05) is 30.1 Å². The minimum atomic E-state index is -4.77. The molecular weight excluding hydrogens is 489 g/mol. The molecule has 0 unspecified atom stereocenters. The third kappa shape index (κ3) is 6.85. The molecule has 12 heteroatoms. The predicted octanol–water partition coefficient (Wildman–Crippen LogP) is 5.59. The Labute approximate surface area is 201 Å². The zero-order valence-electron chi connectivity index (χ0n) is 18.0. The van der Waals surface area contributed by atoms with Crippen LogP contribution in [0.1, 0.15) is 25.1 Å². The van der Waals surface area contributed by atoms with Gasteiger partial charge in [0.2, 0.25) is 0 Å². The topological polar surface area (TPSA) is 108 Å². The number of rotatable bonds is 9. The molecule has 3 rings (SSSR count). The van der Waals surface area contributed by atoms with Crippen LogP contribution in [-0.4, -0.2) is 38.7 Å². The zero-order valence-corrected chi connectivity index (χ0v) is 19.6. The summed E-state index contributed by atoms with van der Waals surface area (Å²) in [6.07, 6.45) is -2.70. The number of nitrogens with zero attached hydrogens (tertiary/aromatic N) is 3. The number of carboxylic acid groups (broad SMARTS) is 1. The average Bonchev–Trinajstić information content (AvgIpc) is 3.19. The molecule has 34 heavy (non-hydrogen) atoms. The molecule has 0 aliphatic heterocycles. The zero-order chi connectivity index (χ0) is 24.9. The highest BCUT2D eigenvalue weighted by atomic mass is 32.2. The minimum absolute atomic E-state index is 0.283. The first kappa shape index (κ1) is 25.3. The van der Waals surface area contributed by atoms with Gasteiger partial charge in [0.1, 0.15) is 22.4 Å². The Balaban J connectivity index is 1.62. The Morgan fingerprint density at radius 3 is 2.59 bits per heavy atom. The van der Waals surface area contributed by atoms with Crippen LogP contribution in [0, 0.1) is 11.3 Å². The lowest BCUT2D eigenvalue weighted by atomic mass is 10.1. The molecule has 0 aliphatic carbocycles. The monoisotopic (exact) mass is 508 g/mol. The lowest BCUT2D eigenvalue weighted by Crippen LogP contribution is -2.26. The maximum atomic E-state index is 12.3. The Morgan fingerprint density at radius 1 is 1.26 bits per heavy atom. The highest BCUT2D eigenvalue weighted by Gasteiger charge is 2.31. The summed E-state index contributed by atoms with van der Waals surface area (Å²) in [6, 6.07) is 8.96. The predicted molar refractivity (Wildman–Crippen MR) is 123 cm³/mol. The minimum Gasteiger partial charge on any atom is -0.480 e. The van der Waals surface area contributed by atoms with Crippen molar-refractivity contribution in [2.75, 3.05) is 11.9 Å². The molecule has 0 amide bonds. The van der Waals surface area contributed by atoms with Gasteiger partial charge in [-0.05, 0) is 37.6 Å². The standard InChI is InChI=1S/C22H19F3N4O3S2/c1-21(2,19(30)31)34-20-29-16(12-33-20)7-8-27-18-14(10-26)9-15(11-28-18)13-3-5-17(6-4-13)32-22(23,24)25/h3-6,9,11-12H,7-8H2,1-2H3,(H,27,28)(H,30,31). The first-order valence-electron chi connectivity index (χ1n) is 9.84. The number of thioether (sulfide) groups is 1. The highest BCUT2D eigenvalue weighted by Crippen LogP contribution is 2.34. The third-order valence-corrected chi connectivity index (χ3v) is 6.66. The number of hydrogen-bond acceptors (Lipinski definition) is 8. The summed E-state index contributed by atoms with van der Waals surface area (Å²) in [6.45, 7) is 3.68. The van der Waals surface area contributed by atoms with Gasteiger partial charge in [0.05, 0.1) is 11.3 Å². The van der Waals surface area contributed by atoms with Crippen molar-refractivity contribution in [2.45, 2.75) is 35.7 Å². The van der Waals surface area contributed by atoms with Crippen molar-refractivity contribution in [1.29, 1.82) is 5.26 Å². The Hall–Kier alpha value is -3.30. The van der Waals surface area contributed by atoms with E-state index in [1.807, 2.05) is 5.38 Å². The summed E-state index contributed by atoms with van der Waals surface area (Å²) in [7, 11) is 0. The lowest BCUT2D eigenvalue weighted by Gasteiger charge is -2.15. The number of alkyl halides is 3. The van der Waals surface area contributed by atoms with Crippen molar-refractivity contribution < 1.29 is 27.8 Å². The Kier molecular flexibility index (Phi) is 7.68. The van der Waals surface area contributed by atoms with E-state index in [0.717, 1.165) is 5.69 Å². The largest absolute Gasteiger partial charge is 0.573 e. The van der Waals surface area contributed by atoms with E-state index in [-0.39, 0.29) is 11.3 Å². The second-order valence-electron chi connectivity index (χ2n) is 7.50. The number of halogens is 3. The average molecular weight is 509 g/mol. The summed E-state index contributed by atoms with van der Waals surface area (Å²) in [4.78, 5) is 20.0. The second-order valence-corrected chi connectivity index (χ2v) is 10.2. The van der Waals surface area contributed by atoms with E-state index in [2.05, 4.69) is 26.1 Å². The van der Waals surface area contributed by atoms with E-state index in [4.69, 9.17) is 0 Å². The number of ether oxygens (including phenoxy) is 1. The van der Waals surface area contributed by atoms with Crippen LogP contribution in [-0.2, 0) is 11.2 Å². The normalized spacial score (nSPS) is 11.6. The fraction of sp³-hybridized carbons (Fsp3) is 0.273. The summed E-state index contributed by atoms with van der Waals surface area (Å²) in [5, 5.41) is 23.7. The molecule has 2 N–H and O–H groups in total. The highest BCUT2D eigenvalue weighted by molar-refractivity contribution is 8.03. The number of pyridine rings is 1. The van der Waals surface area contributed by atoms with Gasteiger partial charge in [-0.3, -0.25) is 4.79 Å². The van der Waals surface area contributed by atoms with Crippen LogP contribution in [0.15, 0.2) is 46.2 Å². The lowest BCUT2D eigenvalue weighted by molar-refractivity contribution is -0.274. The van der Waals surface area contributed by atoms with Crippen LogP contribution in [0.3, 0.4) is 0 Å². The van der Waals surface area contributed by atoms with Gasteiger partial charge >= 0.3 is 12.3 Å². The summed E-state index contributed by atoms with van der Waals surface area (Å²) in [5.41, 5.74) is 2.23. The first-order valence-corrected chi connectivity index (χ1v) is 11.5. The first-order chi connectivity index (χ1) is 16.0. The molecular formula is C22H19F3N4O3S2. The molecule has 178 valence electrons. The quantitative estimate of drug-likeness (QED) is 0.361. The number of thiazole rings is 1. The van der Waals surface area contributed by atoms with E-state index >= 15 is 0 Å². The SMILES string of the molecule is CC(C)(Sc1nc(CCNc2ncc(-c3ccc(OC(F)(F)F)cc3)cc2C#N)cs1)C(=O)O. The fourth-order valence-corrected chi connectivity index (χ4v) is 4.94. The molecule has 3 aromatic rings. The van der Waals surface area contributed by atoms with Crippen LogP contribution >= 0.6 is 23.1 Å². The molecule has 2 heterocycles. The summed E-state index contributed by atoms with van der Waals surface area (Å²) in [5.74, 6) is -0.877. The van der Waals surface area contributed by atoms with Crippen molar-refractivity contribution in [3.8, 4) is 22.9 Å². The van der Waals surface area contributed by atoms with Gasteiger partial charge < -0.3 is 15.2 Å². The molecule has 0 radical (unpaired) electrons. The smallest absolute Gasteiger partial charge is 0.480 e. The molecule has 0 fully saturated rings. The fourth-order valence-electron chi connectivity index (χ4n) is 2.72. The molecule has 0 bridgehead atoms. The van der Waals surface area contributed by atoms with Crippen LogP contribution in [0.2, 0.25) is 0 Å². The van der Waals surface area contributed by atoms with Gasteiger partial charge in [-0.15, -0.1) is 24.5 Å². The van der Waals surface area contributed by atoms with Gasteiger partial charge in [-0.2, -0.15) is 5.26 Å². The maximum Gasteiger partial charge on any atom is 0.573 e. The van der Waals surface area contributed by atoms with Crippen molar-refractivity contribution in [2.24, 2.45) is 0 Å². The molecule has 0 saturated heterocycles. The van der Waals surface area contributed by atoms with E-state index in [9.17, 15) is 28.3 Å². The van der Waals surface area contributed by atoms with E-state index in [0.29, 0.717) is 34.2 Å². The van der Waals surface area contributed by atoms with E-state index < -0.39 is 17.1 Å². The molecule has 7 nitrogen and oxygen atoms in total. The van der Waals surface area contributed by atoms with Gasteiger partial charge in [-0.25, -0.2) is 9.97 Å². The van der Waals surface area contributed by atoms with Crippen LogP contribution in [0.5, 0.6) is 5.75 Å². The van der Waals surface area contributed by atoms with Gasteiger partial charge in [0.25, 0.3) is 0 Å². The number of aliphatic carboxylic acids is 1. The molecule has 0 saturated carbocycles. The van der Waals surface area contributed by atoms with E-state index in [1.165, 1.54) is 53.6 Å². The molecule has 2 aromatic heterocycles. The number of hydrogen-bond donors (Lipinski definition) is 2. The number of anilines is 1. The number of nitriles is 1. The van der Waals surface area contributed by atoms with Crippen LogP contribution in [0.25, 0.3) is 11.1 Å².